The molecule has 5 amide bonds. The highest BCUT2D eigenvalue weighted by Gasteiger charge is 2.47. The molecule has 5 aliphatic rings. The van der Waals surface area contributed by atoms with Gasteiger partial charge >= 0.3 is 12.0 Å². The standard InChI is InChI=1S/C81H97N9O12S2/c1-10-13-41-88-65-27-16-14-24-60(65)79(6,7)68(88)37-31-52-22-20-23-53(32-38-69-80(8,9)61-25-15-17-28-66(61)89(69)42-18-19-44-104(98,99)100)73(52)103-43-39-70(91)87-71(50(4)5)75(93)86-64(26-21-40-83-78(82)96)74(92)84-54-33-29-51(30-34-54)48-101-55-35-36-63-57(45-55)56(11-2)58-47-90-67(72(58)85-63)46-62-59(76(90)94)49-102-77(95)81(62,97)12-3/h14-17,24-25,27-38,45-46,50,64,71,97H,10-13,18-23,26,39-44,47-49H2,1-9H3,(H6-,82,83,84,86,87,91,92,93,96,98,99,100)/p+1/t64-,71-,81-/m0/s1. The van der Waals surface area contributed by atoms with Crippen LogP contribution in [0.2, 0.25) is 0 Å². The number of nitrogens with two attached hydrogens (primary N) is 1. The van der Waals surface area contributed by atoms with Crippen LogP contribution in [0.1, 0.15) is 172 Å². The van der Waals surface area contributed by atoms with Crippen molar-refractivity contribution in [2.75, 3.05) is 41.4 Å². The fraction of sp³-hybridized carbons (Fsp3) is 0.432. The lowest BCUT2D eigenvalue weighted by atomic mass is 9.81. The van der Waals surface area contributed by atoms with Crippen LogP contribution < -0.4 is 42.2 Å². The first kappa shape index (κ1) is 76.0. The molecule has 6 heterocycles. The Labute approximate surface area is 613 Å². The monoisotopic (exact) mass is 1450 g/mol. The third-order valence-corrected chi connectivity index (χ3v) is 23.0. The van der Waals surface area contributed by atoms with E-state index in [0.29, 0.717) is 66.3 Å². The van der Waals surface area contributed by atoms with Crippen LogP contribution in [0.4, 0.5) is 21.9 Å². The Balaban J connectivity index is 0.773. The van der Waals surface area contributed by atoms with Crippen LogP contribution in [0.25, 0.3) is 22.3 Å². The minimum absolute atomic E-state index is 0.0445. The Morgan fingerprint density at radius 3 is 2.32 bits per heavy atom. The second-order valence-electron chi connectivity index (χ2n) is 29.0. The van der Waals surface area contributed by atoms with Gasteiger partial charge in [0.15, 0.2) is 11.3 Å². The smallest absolute Gasteiger partial charge is 0.343 e. The highest BCUT2D eigenvalue weighted by atomic mass is 32.2. The summed E-state index contributed by atoms with van der Waals surface area (Å²) in [5, 5.41) is 23.7. The number of allylic oxidation sites excluding steroid dienone is 7. The topological polar surface area (TPSA) is 294 Å². The van der Waals surface area contributed by atoms with E-state index < -0.39 is 51.6 Å². The molecular formula is C81H98N9O12S2+. The van der Waals surface area contributed by atoms with Gasteiger partial charge in [0.2, 0.25) is 23.4 Å². The van der Waals surface area contributed by atoms with Gasteiger partial charge in [0.25, 0.3) is 15.7 Å². The van der Waals surface area contributed by atoms with Gasteiger partial charge in [-0.05, 0) is 154 Å². The molecule has 4 aromatic carbocycles. The third kappa shape index (κ3) is 16.2. The largest absolute Gasteiger partial charge is 0.489 e. The summed E-state index contributed by atoms with van der Waals surface area (Å²) in [6.45, 7) is 20.4. The molecule has 21 nitrogen and oxygen atoms in total. The summed E-state index contributed by atoms with van der Waals surface area (Å²) in [6, 6.07) is 28.6. The average Bonchev–Trinajstić information content (AvgIpc) is 1.53. The van der Waals surface area contributed by atoms with E-state index in [-0.39, 0.29) is 90.7 Å². The summed E-state index contributed by atoms with van der Waals surface area (Å²) >= 11 is 1.63. The van der Waals surface area contributed by atoms with Crippen LogP contribution in [0.15, 0.2) is 148 Å². The minimum atomic E-state index is -4.10. The van der Waals surface area contributed by atoms with Gasteiger partial charge in [-0.25, -0.2) is 14.6 Å². The van der Waals surface area contributed by atoms with Gasteiger partial charge in [0.1, 0.15) is 37.6 Å². The predicted molar refractivity (Wildman–Crippen MR) is 409 cm³/mol. The fourth-order valence-electron chi connectivity index (χ4n) is 15.2. The molecule has 0 saturated carbocycles. The van der Waals surface area contributed by atoms with Gasteiger partial charge in [-0.15, -0.1) is 11.8 Å². The van der Waals surface area contributed by atoms with Crippen molar-refractivity contribution in [1.82, 2.24) is 25.5 Å². The van der Waals surface area contributed by atoms with Crippen LogP contribution in [-0.4, -0.2) is 111 Å². The number of primary amides is 1. The van der Waals surface area contributed by atoms with Crippen LogP contribution in [0.3, 0.4) is 0 Å². The number of amides is 5. The number of carbonyl (C=O) groups excluding carboxylic acids is 5. The lowest BCUT2D eigenvalue weighted by Gasteiger charge is -2.31. The van der Waals surface area contributed by atoms with E-state index in [1.165, 1.54) is 28.1 Å². The minimum Gasteiger partial charge on any atom is -0.489 e. The number of anilines is 2. The number of aromatic nitrogens is 2. The zero-order valence-electron chi connectivity index (χ0n) is 61.1. The van der Waals surface area contributed by atoms with E-state index in [2.05, 4.69) is 126 Å². The summed E-state index contributed by atoms with van der Waals surface area (Å²) in [6.07, 6.45) is 15.7. The Kier molecular flexibility index (Phi) is 23.4. The first-order chi connectivity index (χ1) is 49.7. The summed E-state index contributed by atoms with van der Waals surface area (Å²) in [7, 11) is -4.10. The second kappa shape index (κ2) is 32.1. The molecule has 550 valence electrons. The van der Waals surface area contributed by atoms with Crippen molar-refractivity contribution in [3.63, 3.8) is 0 Å². The number of carbonyl (C=O) groups is 5. The van der Waals surface area contributed by atoms with Gasteiger partial charge in [0, 0.05) is 93.3 Å². The van der Waals surface area contributed by atoms with Crippen molar-refractivity contribution >= 4 is 85.3 Å². The van der Waals surface area contributed by atoms with Crippen molar-refractivity contribution in [2.24, 2.45) is 11.7 Å². The number of esters is 1. The molecule has 0 bridgehead atoms. The zero-order chi connectivity index (χ0) is 74.4. The summed E-state index contributed by atoms with van der Waals surface area (Å²) in [5.74, 6) is -1.84. The molecule has 0 radical (unpaired) electrons. The van der Waals surface area contributed by atoms with Crippen LogP contribution in [-0.2, 0) is 76.6 Å². The molecule has 0 fully saturated rings. The van der Waals surface area contributed by atoms with Crippen molar-refractivity contribution in [2.45, 2.75) is 188 Å². The number of ether oxygens (including phenoxy) is 2. The van der Waals surface area contributed by atoms with E-state index >= 15 is 0 Å². The first-order valence-electron chi connectivity index (χ1n) is 36.5. The molecule has 8 N–H and O–H groups in total. The number of hydrogen-bond acceptors (Lipinski definition) is 14. The second-order valence-corrected chi connectivity index (χ2v) is 31.7. The fourth-order valence-corrected chi connectivity index (χ4v) is 17.0. The first-order valence-corrected chi connectivity index (χ1v) is 39.1. The number of pyridine rings is 2. The highest BCUT2D eigenvalue weighted by Crippen LogP contribution is 2.49. The number of cyclic esters (lactones) is 1. The summed E-state index contributed by atoms with van der Waals surface area (Å²) in [4.78, 5) is 89.9. The van der Waals surface area contributed by atoms with Gasteiger partial charge in [-0.1, -0.05) is 116 Å². The molecule has 0 spiro atoms. The van der Waals surface area contributed by atoms with E-state index in [1.54, 1.807) is 41.5 Å². The molecule has 104 heavy (non-hydrogen) atoms. The number of nitrogens with one attached hydrogen (secondary N) is 4. The Morgan fingerprint density at radius 2 is 1.60 bits per heavy atom. The average molecular weight is 1450 g/mol. The molecule has 0 saturated heterocycles. The number of urea groups is 1. The number of thioether (sulfide) groups is 1. The van der Waals surface area contributed by atoms with E-state index in [4.69, 9.17) is 20.2 Å². The summed E-state index contributed by atoms with van der Waals surface area (Å²) in [5.41, 5.74) is 17.3. The number of hydrogen-bond donors (Lipinski definition) is 7. The maximum Gasteiger partial charge on any atom is 0.343 e. The quantitative estimate of drug-likeness (QED) is 0.00953. The Hall–Kier alpha value is -9.16. The molecule has 3 atom stereocenters. The molecule has 2 aromatic heterocycles. The number of unbranched alkanes of at least 4 members (excludes halogenated alkanes) is 2. The predicted octanol–water partition coefficient (Wildman–Crippen LogP) is 12.5. The lowest BCUT2D eigenvalue weighted by molar-refractivity contribution is -0.438. The zero-order valence-corrected chi connectivity index (χ0v) is 62.7. The Bertz CT molecular complexity index is 4680. The third-order valence-electron chi connectivity index (χ3n) is 20.9. The molecule has 1 aliphatic carbocycles. The van der Waals surface area contributed by atoms with Gasteiger partial charge < -0.3 is 51.0 Å². The molecule has 4 aliphatic heterocycles. The molecular weight excluding hydrogens is 1360 g/mol. The van der Waals surface area contributed by atoms with Crippen molar-refractivity contribution < 1.29 is 56.1 Å². The Morgan fingerprint density at radius 1 is 0.846 bits per heavy atom. The number of aryl methyl sites for hydroxylation is 1. The number of para-hydroxylation sites is 2. The number of fused-ring (bicyclic) bond motifs is 7. The van der Waals surface area contributed by atoms with Crippen molar-refractivity contribution in [3.8, 4) is 17.1 Å². The van der Waals surface area contributed by atoms with Crippen LogP contribution in [0, 0.1) is 5.92 Å². The van der Waals surface area contributed by atoms with Gasteiger partial charge in [0.05, 0.1) is 40.2 Å². The van der Waals surface area contributed by atoms with Gasteiger partial charge in [-0.2, -0.15) is 13.0 Å². The van der Waals surface area contributed by atoms with Crippen LogP contribution >= 0.6 is 11.8 Å². The molecule has 0 unspecified atom stereocenters. The number of aliphatic hydroxyl groups is 1. The molecule has 23 heteroatoms. The van der Waals surface area contributed by atoms with E-state index in [9.17, 15) is 46.8 Å². The van der Waals surface area contributed by atoms with E-state index in [0.717, 1.165) is 82.6 Å². The highest BCUT2D eigenvalue weighted by molar-refractivity contribution is 8.03. The maximum absolute atomic E-state index is 14.5. The SMILES string of the molecule is CCCCN1/C(=C/C=C2\CCCC(/C=C/C3=[N+](CCCCS(=O)(=O)O)c4ccccc4C3(C)C)=C2SCCC(=O)N[C@H](C(=O)N[C@@H](CCCNC(N)=O)C(=O)Nc2ccc(COc3ccc4nc5c(c(CC)c4c3)Cn3c-5cc4c(c3=O)COC(=O)[C@]4(O)CC)cc2)C(C)C)C(C)(C)c2ccccc21. The van der Waals surface area contributed by atoms with Crippen LogP contribution in [0.5, 0.6) is 5.75 Å². The maximum atomic E-state index is 14.5. The van der Waals surface area contributed by atoms with E-state index in [1.807, 2.05) is 63.2 Å². The summed E-state index contributed by atoms with van der Waals surface area (Å²) < 4.78 is 48.5. The number of benzene rings is 4. The van der Waals surface area contributed by atoms with Gasteiger partial charge in [-0.3, -0.25) is 23.7 Å². The number of nitrogens with zero attached hydrogens (tertiary/aromatic N) is 4. The van der Waals surface area contributed by atoms with Crippen molar-refractivity contribution in [3.05, 3.63) is 192 Å². The van der Waals surface area contributed by atoms with Crippen molar-refractivity contribution in [1.29, 1.82) is 0 Å². The molecule has 6 aromatic rings. The normalized spacial score (nSPS) is 18.5. The molecule has 11 rings (SSSR count). The lowest BCUT2D eigenvalue weighted by Crippen LogP contribution is -2.54. The number of rotatable bonds is 30.